The van der Waals surface area contributed by atoms with Crippen molar-refractivity contribution in [3.63, 3.8) is 0 Å². The van der Waals surface area contributed by atoms with Gasteiger partial charge in [0.05, 0.1) is 0 Å². The number of nitrogens with one attached hydrogen (secondary N) is 2. The molecule has 0 amide bonds. The van der Waals surface area contributed by atoms with Crippen molar-refractivity contribution >= 4 is 0 Å². The maximum Gasteiger partial charge on any atom is 0.117 e. The Balaban J connectivity index is 1.67. The van der Waals surface area contributed by atoms with Crippen LogP contribution in [0.15, 0.2) is 30.3 Å². The van der Waals surface area contributed by atoms with E-state index in [1.807, 2.05) is 18.2 Å². The Hall–Kier alpha value is -1.68. The van der Waals surface area contributed by atoms with Gasteiger partial charge in [-0.2, -0.15) is 15.4 Å². The second kappa shape index (κ2) is 6.85. The first-order valence-corrected chi connectivity index (χ1v) is 8.03. The minimum atomic E-state index is 0.604. The Morgan fingerprint density at radius 1 is 1.10 bits per heavy atom. The van der Waals surface area contributed by atoms with Gasteiger partial charge in [0, 0.05) is 18.2 Å². The first kappa shape index (κ1) is 14.3. The van der Waals surface area contributed by atoms with Crippen LogP contribution < -0.4 is 5.32 Å². The van der Waals surface area contributed by atoms with E-state index in [1.54, 1.807) is 0 Å². The molecule has 1 aliphatic rings. The average Bonchev–Trinajstić information content (AvgIpc) is 2.89. The van der Waals surface area contributed by atoms with Gasteiger partial charge in [-0.25, -0.2) is 0 Å². The minimum absolute atomic E-state index is 0.604. The largest absolute Gasteiger partial charge is 0.308 e. The maximum absolute atomic E-state index is 4.33. The predicted molar refractivity (Wildman–Crippen MR) is 84.7 cm³/mol. The summed E-state index contributed by atoms with van der Waals surface area (Å²) < 4.78 is 0. The maximum atomic E-state index is 4.33. The van der Waals surface area contributed by atoms with E-state index in [0.717, 1.165) is 29.4 Å². The summed E-state index contributed by atoms with van der Waals surface area (Å²) in [7, 11) is 0. The van der Waals surface area contributed by atoms with E-state index in [1.165, 1.54) is 32.1 Å². The molecule has 0 spiro atoms. The van der Waals surface area contributed by atoms with Crippen molar-refractivity contribution < 1.29 is 0 Å². The molecule has 3 rings (SSSR count). The summed E-state index contributed by atoms with van der Waals surface area (Å²) >= 11 is 0. The molecular formula is C17H24N4. The van der Waals surface area contributed by atoms with Gasteiger partial charge in [0.25, 0.3) is 0 Å². The van der Waals surface area contributed by atoms with Crippen molar-refractivity contribution in [3.8, 4) is 11.3 Å². The van der Waals surface area contributed by atoms with Crippen LogP contribution in [0.25, 0.3) is 11.3 Å². The van der Waals surface area contributed by atoms with Gasteiger partial charge in [-0.3, -0.25) is 0 Å². The number of hydrogen-bond donors (Lipinski definition) is 2. The monoisotopic (exact) mass is 284 g/mol. The van der Waals surface area contributed by atoms with Crippen molar-refractivity contribution in [1.82, 2.24) is 20.7 Å². The molecule has 1 heterocycles. The van der Waals surface area contributed by atoms with Gasteiger partial charge in [0.1, 0.15) is 11.4 Å². The van der Waals surface area contributed by atoms with Gasteiger partial charge in [0.2, 0.25) is 0 Å². The lowest BCUT2D eigenvalue weighted by Crippen LogP contribution is -2.34. The fourth-order valence-corrected chi connectivity index (χ4v) is 3.23. The lowest BCUT2D eigenvalue weighted by Gasteiger charge is -2.22. The summed E-state index contributed by atoms with van der Waals surface area (Å²) in [6.07, 6.45) is 6.70. The molecule has 0 bridgehead atoms. The van der Waals surface area contributed by atoms with Crippen LogP contribution in [0.2, 0.25) is 0 Å². The van der Waals surface area contributed by atoms with Gasteiger partial charge < -0.3 is 5.32 Å². The number of benzene rings is 1. The van der Waals surface area contributed by atoms with Gasteiger partial charge in [-0.15, -0.1) is 0 Å². The molecule has 4 nitrogen and oxygen atoms in total. The van der Waals surface area contributed by atoms with E-state index in [4.69, 9.17) is 0 Å². The van der Waals surface area contributed by atoms with Gasteiger partial charge in [0.15, 0.2) is 0 Å². The Kier molecular flexibility index (Phi) is 4.65. The van der Waals surface area contributed by atoms with E-state index in [0.29, 0.717) is 6.04 Å². The molecule has 1 fully saturated rings. The van der Waals surface area contributed by atoms with Gasteiger partial charge >= 0.3 is 0 Å². The summed E-state index contributed by atoms with van der Waals surface area (Å²) in [4.78, 5) is 0. The first-order valence-electron chi connectivity index (χ1n) is 8.03. The molecule has 2 atom stereocenters. The second-order valence-corrected chi connectivity index (χ2v) is 6.09. The van der Waals surface area contributed by atoms with Gasteiger partial charge in [-0.05, 0) is 18.8 Å². The summed E-state index contributed by atoms with van der Waals surface area (Å²) in [5, 5.41) is 15.1. The molecule has 1 saturated carbocycles. The van der Waals surface area contributed by atoms with Crippen LogP contribution in [0.3, 0.4) is 0 Å². The Labute approximate surface area is 126 Å². The molecule has 0 saturated heterocycles. The highest BCUT2D eigenvalue weighted by atomic mass is 15.3. The van der Waals surface area contributed by atoms with E-state index in [9.17, 15) is 0 Å². The molecule has 1 aliphatic carbocycles. The van der Waals surface area contributed by atoms with Crippen LogP contribution in [-0.4, -0.2) is 21.5 Å². The third-order valence-corrected chi connectivity index (χ3v) is 4.56. The topological polar surface area (TPSA) is 53.6 Å². The molecule has 2 aromatic rings. The molecule has 4 heteroatoms. The van der Waals surface area contributed by atoms with Crippen LogP contribution >= 0.6 is 0 Å². The quantitative estimate of drug-likeness (QED) is 0.844. The van der Waals surface area contributed by atoms with E-state index in [2.05, 4.69) is 39.8 Å². The Morgan fingerprint density at radius 2 is 1.90 bits per heavy atom. The lowest BCUT2D eigenvalue weighted by atomic mass is 9.97. The number of rotatable bonds is 4. The van der Waals surface area contributed by atoms with Crippen molar-refractivity contribution in [2.24, 2.45) is 5.92 Å². The summed E-state index contributed by atoms with van der Waals surface area (Å²) in [6, 6.07) is 10.9. The fraction of sp³-hybridized carbons (Fsp3) is 0.529. The predicted octanol–water partition coefficient (Wildman–Crippen LogP) is 3.53. The number of hydrogen-bond acceptors (Lipinski definition) is 3. The average molecular weight is 284 g/mol. The van der Waals surface area contributed by atoms with Crippen LogP contribution in [-0.2, 0) is 6.54 Å². The zero-order chi connectivity index (χ0) is 14.5. The fourth-order valence-electron chi connectivity index (χ4n) is 3.23. The molecule has 2 N–H and O–H groups in total. The van der Waals surface area contributed by atoms with Crippen molar-refractivity contribution in [2.75, 3.05) is 0 Å². The normalized spacial score (nSPS) is 22.9. The first-order chi connectivity index (χ1) is 10.3. The SMILES string of the molecule is CC1CCCCCC1NCc1n[nH]nc1-c1ccccc1. The number of aromatic nitrogens is 3. The van der Waals surface area contributed by atoms with Gasteiger partial charge in [-0.1, -0.05) is 56.5 Å². The summed E-state index contributed by atoms with van der Waals surface area (Å²) in [5.74, 6) is 0.750. The number of aromatic amines is 1. The lowest BCUT2D eigenvalue weighted by molar-refractivity contribution is 0.354. The minimum Gasteiger partial charge on any atom is -0.308 e. The second-order valence-electron chi connectivity index (χ2n) is 6.09. The van der Waals surface area contributed by atoms with Crippen molar-refractivity contribution in [2.45, 2.75) is 51.6 Å². The third kappa shape index (κ3) is 3.50. The van der Waals surface area contributed by atoms with E-state index >= 15 is 0 Å². The zero-order valence-electron chi connectivity index (χ0n) is 12.7. The summed E-state index contributed by atoms with van der Waals surface area (Å²) in [5.41, 5.74) is 3.10. The van der Waals surface area contributed by atoms with Crippen LogP contribution in [0.5, 0.6) is 0 Å². The molecule has 0 aliphatic heterocycles. The molecule has 1 aromatic carbocycles. The summed E-state index contributed by atoms with van der Waals surface area (Å²) in [6.45, 7) is 3.15. The Bertz CT molecular complexity index is 549. The molecule has 112 valence electrons. The highest BCUT2D eigenvalue weighted by Gasteiger charge is 2.20. The van der Waals surface area contributed by atoms with E-state index < -0.39 is 0 Å². The molecular weight excluding hydrogens is 260 g/mol. The zero-order valence-corrected chi connectivity index (χ0v) is 12.7. The van der Waals surface area contributed by atoms with Crippen LogP contribution in [0.1, 0.15) is 44.7 Å². The van der Waals surface area contributed by atoms with Crippen molar-refractivity contribution in [3.05, 3.63) is 36.0 Å². The standard InChI is InChI=1S/C17H24N4/c1-13-8-4-2-7-11-15(13)18-12-16-17(20-21-19-16)14-9-5-3-6-10-14/h3,5-6,9-10,13,15,18H,2,4,7-8,11-12H2,1H3,(H,19,20,21). The molecule has 0 radical (unpaired) electrons. The van der Waals surface area contributed by atoms with Crippen molar-refractivity contribution in [1.29, 1.82) is 0 Å². The number of nitrogens with zero attached hydrogens (tertiary/aromatic N) is 2. The molecule has 21 heavy (non-hydrogen) atoms. The molecule has 2 unspecified atom stereocenters. The van der Waals surface area contributed by atoms with Crippen LogP contribution in [0, 0.1) is 5.92 Å². The highest BCUT2D eigenvalue weighted by molar-refractivity contribution is 5.60. The number of H-pyrrole nitrogens is 1. The highest BCUT2D eigenvalue weighted by Crippen LogP contribution is 2.24. The van der Waals surface area contributed by atoms with E-state index in [-0.39, 0.29) is 0 Å². The smallest absolute Gasteiger partial charge is 0.117 e. The third-order valence-electron chi connectivity index (χ3n) is 4.56. The Morgan fingerprint density at radius 3 is 2.76 bits per heavy atom. The van der Waals surface area contributed by atoms with Crippen LogP contribution in [0.4, 0.5) is 0 Å². The molecule has 1 aromatic heterocycles.